The van der Waals surface area contributed by atoms with Gasteiger partial charge >= 0.3 is 5.97 Å². The van der Waals surface area contributed by atoms with Gasteiger partial charge in [0.15, 0.2) is 18.1 Å². The first-order valence-electron chi connectivity index (χ1n) is 6.44. The zero-order valence-corrected chi connectivity index (χ0v) is 13.8. The maximum atomic E-state index is 11.9. The average molecular weight is 367 g/mol. The Morgan fingerprint density at radius 1 is 1.05 bits per heavy atom. The first kappa shape index (κ1) is 16.2. The van der Waals surface area contributed by atoms with Gasteiger partial charge in [-0.25, -0.2) is 4.79 Å². The van der Waals surface area contributed by atoms with Crippen molar-refractivity contribution in [2.75, 3.05) is 20.8 Å². The second-order valence-corrected chi connectivity index (χ2v) is 5.13. The van der Waals surface area contributed by atoms with Gasteiger partial charge in [-0.15, -0.1) is 0 Å². The van der Waals surface area contributed by atoms with E-state index in [1.54, 1.807) is 30.3 Å². The van der Waals surface area contributed by atoms with E-state index >= 15 is 0 Å². The fourth-order valence-corrected chi connectivity index (χ4v) is 2.14. The summed E-state index contributed by atoms with van der Waals surface area (Å²) in [5.41, 5.74) is 0. The summed E-state index contributed by atoms with van der Waals surface area (Å²) in [6, 6.07) is 12.3. The van der Waals surface area contributed by atoms with Crippen molar-refractivity contribution in [3.8, 4) is 23.0 Å². The van der Waals surface area contributed by atoms with Crippen LogP contribution in [0.5, 0.6) is 23.0 Å². The predicted molar refractivity (Wildman–Crippen MR) is 84.8 cm³/mol. The number of carbonyl (C=O) groups is 1. The highest BCUT2D eigenvalue weighted by molar-refractivity contribution is 9.10. The molecule has 2 rings (SSSR count). The van der Waals surface area contributed by atoms with Crippen LogP contribution < -0.4 is 18.9 Å². The van der Waals surface area contributed by atoms with Crippen molar-refractivity contribution in [3.05, 3.63) is 46.9 Å². The summed E-state index contributed by atoms with van der Waals surface area (Å²) < 4.78 is 21.9. The number of rotatable bonds is 6. The van der Waals surface area contributed by atoms with Gasteiger partial charge in [-0.2, -0.15) is 0 Å². The number of hydrogen-bond acceptors (Lipinski definition) is 5. The lowest BCUT2D eigenvalue weighted by Crippen LogP contribution is -2.18. The minimum absolute atomic E-state index is 0.225. The summed E-state index contributed by atoms with van der Waals surface area (Å²) >= 11 is 3.33. The van der Waals surface area contributed by atoms with Crippen LogP contribution in [-0.4, -0.2) is 26.8 Å². The Morgan fingerprint density at radius 2 is 1.68 bits per heavy atom. The number of para-hydroxylation sites is 1. The molecule has 0 aliphatic heterocycles. The maximum absolute atomic E-state index is 11.9. The number of ether oxygens (including phenoxy) is 4. The second-order valence-electron chi connectivity index (χ2n) is 4.21. The lowest BCUT2D eigenvalue weighted by Gasteiger charge is -2.13. The molecule has 0 saturated heterocycles. The van der Waals surface area contributed by atoms with E-state index in [0.717, 1.165) is 4.47 Å². The molecule has 0 N–H and O–H groups in total. The van der Waals surface area contributed by atoms with Crippen LogP contribution in [0, 0.1) is 0 Å². The summed E-state index contributed by atoms with van der Waals surface area (Å²) in [6.45, 7) is -0.225. The highest BCUT2D eigenvalue weighted by atomic mass is 79.9. The zero-order valence-electron chi connectivity index (χ0n) is 12.2. The highest BCUT2D eigenvalue weighted by Gasteiger charge is 2.16. The fraction of sp³-hybridized carbons (Fsp3) is 0.188. The maximum Gasteiger partial charge on any atom is 0.349 e. The number of methoxy groups -OCH3 is 2. The lowest BCUT2D eigenvalue weighted by atomic mass is 10.3. The quantitative estimate of drug-likeness (QED) is 0.578. The van der Waals surface area contributed by atoms with Crippen molar-refractivity contribution in [2.45, 2.75) is 0 Å². The Balaban J connectivity index is 2.03. The van der Waals surface area contributed by atoms with E-state index in [1.165, 1.54) is 14.2 Å². The molecular formula is C16H15BrO5. The van der Waals surface area contributed by atoms with Gasteiger partial charge in [0.05, 0.1) is 14.2 Å². The van der Waals surface area contributed by atoms with Gasteiger partial charge in [0.25, 0.3) is 0 Å². The summed E-state index contributed by atoms with van der Waals surface area (Å²) in [5.74, 6) is 1.07. The third kappa shape index (κ3) is 4.14. The molecule has 0 heterocycles. The number of halogens is 1. The normalized spacial score (nSPS) is 9.95. The fourth-order valence-electron chi connectivity index (χ4n) is 1.76. The van der Waals surface area contributed by atoms with Gasteiger partial charge in [0, 0.05) is 4.47 Å². The minimum Gasteiger partial charge on any atom is -0.493 e. The highest BCUT2D eigenvalue weighted by Crippen LogP contribution is 2.36. The molecule has 0 unspecified atom stereocenters. The largest absolute Gasteiger partial charge is 0.493 e. The molecule has 2 aromatic rings. The van der Waals surface area contributed by atoms with Crippen LogP contribution in [0.1, 0.15) is 0 Å². The van der Waals surface area contributed by atoms with Gasteiger partial charge < -0.3 is 18.9 Å². The smallest absolute Gasteiger partial charge is 0.349 e. The molecule has 0 aliphatic rings. The van der Waals surface area contributed by atoms with Crippen LogP contribution in [0.15, 0.2) is 46.9 Å². The van der Waals surface area contributed by atoms with Gasteiger partial charge in [0.1, 0.15) is 5.75 Å². The topological polar surface area (TPSA) is 54.0 Å². The van der Waals surface area contributed by atoms with Crippen molar-refractivity contribution in [1.82, 2.24) is 0 Å². The monoisotopic (exact) mass is 366 g/mol. The molecule has 5 nitrogen and oxygen atoms in total. The summed E-state index contributed by atoms with van der Waals surface area (Å²) in [7, 11) is 2.98. The molecule has 0 fully saturated rings. The molecule has 22 heavy (non-hydrogen) atoms. The third-order valence-corrected chi connectivity index (χ3v) is 3.24. The molecule has 0 aliphatic carbocycles. The second kappa shape index (κ2) is 7.70. The van der Waals surface area contributed by atoms with E-state index in [2.05, 4.69) is 15.9 Å². The van der Waals surface area contributed by atoms with Crippen molar-refractivity contribution in [1.29, 1.82) is 0 Å². The minimum atomic E-state index is -0.553. The number of carbonyl (C=O) groups excluding carboxylic acids is 1. The predicted octanol–water partition coefficient (Wildman–Crippen LogP) is 3.45. The SMILES string of the molecule is COc1cccc(OC)c1OC(=O)COc1cccc(Br)c1. The zero-order chi connectivity index (χ0) is 15.9. The Bertz CT molecular complexity index is 634. The van der Waals surface area contributed by atoms with Crippen LogP contribution >= 0.6 is 15.9 Å². The molecule has 0 atom stereocenters. The molecular weight excluding hydrogens is 352 g/mol. The van der Waals surface area contributed by atoms with E-state index < -0.39 is 5.97 Å². The molecule has 0 amide bonds. The Labute approximate surface area is 136 Å². The standard InChI is InChI=1S/C16H15BrO5/c1-19-13-7-4-8-14(20-2)16(13)22-15(18)10-21-12-6-3-5-11(17)9-12/h3-9H,10H2,1-2H3. The summed E-state index contributed by atoms with van der Waals surface area (Å²) in [4.78, 5) is 11.9. The number of benzene rings is 2. The van der Waals surface area contributed by atoms with Crippen molar-refractivity contribution < 1.29 is 23.7 Å². The lowest BCUT2D eigenvalue weighted by molar-refractivity contribution is -0.136. The molecule has 116 valence electrons. The van der Waals surface area contributed by atoms with Crippen LogP contribution in [0.3, 0.4) is 0 Å². The summed E-state index contributed by atoms with van der Waals surface area (Å²) in [5, 5.41) is 0. The van der Waals surface area contributed by atoms with E-state index in [9.17, 15) is 4.79 Å². The van der Waals surface area contributed by atoms with E-state index in [1.807, 2.05) is 12.1 Å². The molecule has 0 bridgehead atoms. The van der Waals surface area contributed by atoms with Gasteiger partial charge in [-0.1, -0.05) is 28.1 Å². The number of esters is 1. The summed E-state index contributed by atoms with van der Waals surface area (Å²) in [6.07, 6.45) is 0. The Hall–Kier alpha value is -2.21. The number of hydrogen-bond donors (Lipinski definition) is 0. The van der Waals surface area contributed by atoms with Gasteiger partial charge in [-0.05, 0) is 30.3 Å². The van der Waals surface area contributed by atoms with Crippen LogP contribution in [0.2, 0.25) is 0 Å². The molecule has 0 radical (unpaired) electrons. The van der Waals surface area contributed by atoms with E-state index in [0.29, 0.717) is 17.2 Å². The molecule has 6 heteroatoms. The molecule has 0 saturated carbocycles. The molecule has 0 aromatic heterocycles. The van der Waals surface area contributed by atoms with Gasteiger partial charge in [-0.3, -0.25) is 0 Å². The first-order valence-corrected chi connectivity index (χ1v) is 7.23. The molecule has 0 spiro atoms. The Kier molecular flexibility index (Phi) is 5.66. The van der Waals surface area contributed by atoms with E-state index in [4.69, 9.17) is 18.9 Å². The van der Waals surface area contributed by atoms with Crippen LogP contribution in [-0.2, 0) is 4.79 Å². The van der Waals surface area contributed by atoms with Crippen molar-refractivity contribution in [2.24, 2.45) is 0 Å². The van der Waals surface area contributed by atoms with E-state index in [-0.39, 0.29) is 12.4 Å². The Morgan fingerprint density at radius 3 is 2.27 bits per heavy atom. The third-order valence-electron chi connectivity index (χ3n) is 2.75. The van der Waals surface area contributed by atoms with Crippen LogP contribution in [0.4, 0.5) is 0 Å². The van der Waals surface area contributed by atoms with Crippen molar-refractivity contribution in [3.63, 3.8) is 0 Å². The van der Waals surface area contributed by atoms with Crippen LogP contribution in [0.25, 0.3) is 0 Å². The van der Waals surface area contributed by atoms with Crippen molar-refractivity contribution >= 4 is 21.9 Å². The van der Waals surface area contributed by atoms with Gasteiger partial charge in [0.2, 0.25) is 5.75 Å². The first-order chi connectivity index (χ1) is 10.6. The average Bonchev–Trinajstić information content (AvgIpc) is 2.53. The molecule has 2 aromatic carbocycles.